The molecule has 0 bridgehead atoms. The fourth-order valence-electron chi connectivity index (χ4n) is 3.26. The maximum atomic E-state index is 12.5. The molecule has 1 heterocycles. The predicted molar refractivity (Wildman–Crippen MR) is 110 cm³/mol. The van der Waals surface area contributed by atoms with Gasteiger partial charge in [0, 0.05) is 36.6 Å². The molecule has 1 fully saturated rings. The van der Waals surface area contributed by atoms with Gasteiger partial charge < -0.3 is 10.2 Å². The first kappa shape index (κ1) is 19.2. The SMILES string of the molecule is CCN(CC)c1ccc(NC(=O)c2ccc(N3CCCS3(=O)=O)cc2)cc1. The highest BCUT2D eigenvalue weighted by Crippen LogP contribution is 2.24. The molecular formula is C20H25N3O3S. The summed E-state index contributed by atoms with van der Waals surface area (Å²) >= 11 is 0. The Morgan fingerprint density at radius 2 is 1.67 bits per heavy atom. The number of sulfonamides is 1. The quantitative estimate of drug-likeness (QED) is 0.825. The Morgan fingerprint density at radius 1 is 1.04 bits per heavy atom. The van der Waals surface area contributed by atoms with Gasteiger partial charge in [0.1, 0.15) is 0 Å². The van der Waals surface area contributed by atoms with Gasteiger partial charge in [-0.1, -0.05) is 0 Å². The van der Waals surface area contributed by atoms with Gasteiger partial charge in [-0.25, -0.2) is 8.42 Å². The van der Waals surface area contributed by atoms with Crippen LogP contribution in [0, 0.1) is 0 Å². The van der Waals surface area contributed by atoms with Crippen molar-refractivity contribution >= 4 is 33.0 Å². The van der Waals surface area contributed by atoms with Crippen LogP contribution in [0.5, 0.6) is 0 Å². The van der Waals surface area contributed by atoms with Gasteiger partial charge in [-0.15, -0.1) is 0 Å². The number of nitrogens with one attached hydrogen (secondary N) is 1. The molecule has 1 saturated heterocycles. The van der Waals surface area contributed by atoms with Gasteiger partial charge in [0.2, 0.25) is 10.0 Å². The predicted octanol–water partition coefficient (Wildman–Crippen LogP) is 3.33. The van der Waals surface area contributed by atoms with E-state index in [1.54, 1.807) is 24.3 Å². The molecule has 0 aromatic heterocycles. The molecular weight excluding hydrogens is 362 g/mol. The Morgan fingerprint density at radius 3 is 2.19 bits per heavy atom. The molecule has 2 aromatic rings. The van der Waals surface area contributed by atoms with Gasteiger partial charge in [0.25, 0.3) is 5.91 Å². The van der Waals surface area contributed by atoms with Gasteiger partial charge >= 0.3 is 0 Å². The normalized spacial score (nSPS) is 15.6. The average Bonchev–Trinajstić information content (AvgIpc) is 3.03. The Labute approximate surface area is 160 Å². The van der Waals surface area contributed by atoms with Gasteiger partial charge in [-0.2, -0.15) is 0 Å². The van der Waals surface area contributed by atoms with E-state index >= 15 is 0 Å². The van der Waals surface area contributed by atoms with Crippen LogP contribution in [0.25, 0.3) is 0 Å². The summed E-state index contributed by atoms with van der Waals surface area (Å²) in [4.78, 5) is 14.7. The van der Waals surface area contributed by atoms with Crippen molar-refractivity contribution in [2.75, 3.05) is 39.9 Å². The maximum Gasteiger partial charge on any atom is 0.255 e. The molecule has 0 aliphatic carbocycles. The van der Waals surface area contributed by atoms with E-state index in [9.17, 15) is 13.2 Å². The molecule has 0 radical (unpaired) electrons. The number of amides is 1. The molecule has 0 unspecified atom stereocenters. The standard InChI is InChI=1S/C20H25N3O3S/c1-3-22(4-2)18-12-8-17(9-13-18)21-20(24)16-6-10-19(11-7-16)23-14-5-15-27(23,25)26/h6-13H,3-5,14-15H2,1-2H3,(H,21,24). The van der Waals surface area contributed by atoms with E-state index < -0.39 is 10.0 Å². The largest absolute Gasteiger partial charge is 0.372 e. The zero-order valence-electron chi connectivity index (χ0n) is 15.7. The lowest BCUT2D eigenvalue weighted by Crippen LogP contribution is -2.25. The van der Waals surface area contributed by atoms with Gasteiger partial charge in [0.15, 0.2) is 0 Å². The monoisotopic (exact) mass is 387 g/mol. The van der Waals surface area contributed by atoms with Crippen molar-refractivity contribution in [1.82, 2.24) is 0 Å². The molecule has 27 heavy (non-hydrogen) atoms. The summed E-state index contributed by atoms with van der Waals surface area (Å²) in [6, 6.07) is 14.4. The summed E-state index contributed by atoms with van der Waals surface area (Å²) in [5.41, 5.74) is 2.94. The van der Waals surface area contributed by atoms with Crippen molar-refractivity contribution in [2.45, 2.75) is 20.3 Å². The number of carbonyl (C=O) groups is 1. The van der Waals surface area contributed by atoms with Crippen molar-refractivity contribution in [2.24, 2.45) is 0 Å². The third kappa shape index (κ3) is 4.24. The van der Waals surface area contributed by atoms with Crippen LogP contribution in [-0.4, -0.2) is 39.7 Å². The van der Waals surface area contributed by atoms with Crippen molar-refractivity contribution in [3.8, 4) is 0 Å². The first-order chi connectivity index (χ1) is 12.9. The molecule has 0 spiro atoms. The lowest BCUT2D eigenvalue weighted by Gasteiger charge is -2.21. The van der Waals surface area contributed by atoms with Crippen LogP contribution in [0.15, 0.2) is 48.5 Å². The van der Waals surface area contributed by atoms with E-state index in [0.717, 1.165) is 24.5 Å². The molecule has 1 aliphatic rings. The second-order valence-electron chi connectivity index (χ2n) is 6.46. The molecule has 3 rings (SSSR count). The average molecular weight is 388 g/mol. The number of hydrogen-bond donors (Lipinski definition) is 1. The lowest BCUT2D eigenvalue weighted by atomic mass is 10.2. The fourth-order valence-corrected chi connectivity index (χ4v) is 4.82. The third-order valence-electron chi connectivity index (χ3n) is 4.77. The van der Waals surface area contributed by atoms with Crippen LogP contribution in [-0.2, 0) is 10.0 Å². The molecule has 1 amide bonds. The molecule has 2 aromatic carbocycles. The highest BCUT2D eigenvalue weighted by Gasteiger charge is 2.28. The van der Waals surface area contributed by atoms with Crippen LogP contribution >= 0.6 is 0 Å². The summed E-state index contributed by atoms with van der Waals surface area (Å²) in [6.07, 6.45) is 0.633. The van der Waals surface area contributed by atoms with Crippen LogP contribution in [0.4, 0.5) is 17.1 Å². The van der Waals surface area contributed by atoms with E-state index in [-0.39, 0.29) is 11.7 Å². The van der Waals surface area contributed by atoms with Crippen LogP contribution in [0.3, 0.4) is 0 Å². The summed E-state index contributed by atoms with van der Waals surface area (Å²) in [5, 5.41) is 2.88. The molecule has 0 saturated carbocycles. The number of anilines is 3. The number of carbonyl (C=O) groups excluding carboxylic acids is 1. The molecule has 1 N–H and O–H groups in total. The summed E-state index contributed by atoms with van der Waals surface area (Å²) in [6.45, 7) is 6.57. The first-order valence-electron chi connectivity index (χ1n) is 9.21. The van der Waals surface area contributed by atoms with E-state index in [1.807, 2.05) is 24.3 Å². The zero-order valence-corrected chi connectivity index (χ0v) is 16.5. The smallest absolute Gasteiger partial charge is 0.255 e. The van der Waals surface area contributed by atoms with Crippen LogP contribution < -0.4 is 14.5 Å². The molecule has 0 atom stereocenters. The number of nitrogens with zero attached hydrogens (tertiary/aromatic N) is 2. The first-order valence-corrected chi connectivity index (χ1v) is 10.8. The van der Waals surface area contributed by atoms with Crippen molar-refractivity contribution < 1.29 is 13.2 Å². The summed E-state index contributed by atoms with van der Waals surface area (Å²) in [5.74, 6) is -0.0416. The van der Waals surface area contributed by atoms with Crippen LogP contribution in [0.1, 0.15) is 30.6 Å². The highest BCUT2D eigenvalue weighted by molar-refractivity contribution is 7.93. The van der Waals surface area contributed by atoms with Gasteiger partial charge in [0.05, 0.1) is 11.4 Å². The minimum Gasteiger partial charge on any atom is -0.372 e. The van der Waals surface area contributed by atoms with E-state index in [2.05, 4.69) is 24.1 Å². The second kappa shape index (κ2) is 8.00. The molecule has 7 heteroatoms. The van der Waals surface area contributed by atoms with E-state index in [0.29, 0.717) is 24.2 Å². The Bertz CT molecular complexity index is 889. The molecule has 144 valence electrons. The number of hydrogen-bond acceptors (Lipinski definition) is 4. The fraction of sp³-hybridized carbons (Fsp3) is 0.350. The van der Waals surface area contributed by atoms with Crippen LogP contribution in [0.2, 0.25) is 0 Å². The highest BCUT2D eigenvalue weighted by atomic mass is 32.2. The Hall–Kier alpha value is -2.54. The zero-order chi connectivity index (χ0) is 19.4. The molecule has 6 nitrogen and oxygen atoms in total. The Kier molecular flexibility index (Phi) is 5.70. The van der Waals surface area contributed by atoms with Gasteiger partial charge in [-0.05, 0) is 68.8 Å². The van der Waals surface area contributed by atoms with Crippen molar-refractivity contribution in [3.05, 3.63) is 54.1 Å². The topological polar surface area (TPSA) is 69.7 Å². The van der Waals surface area contributed by atoms with E-state index in [4.69, 9.17) is 0 Å². The lowest BCUT2D eigenvalue weighted by molar-refractivity contribution is 0.102. The summed E-state index contributed by atoms with van der Waals surface area (Å²) in [7, 11) is -3.21. The summed E-state index contributed by atoms with van der Waals surface area (Å²) < 4.78 is 25.4. The maximum absolute atomic E-state index is 12.5. The number of rotatable bonds is 6. The molecule has 1 aliphatic heterocycles. The third-order valence-corrected chi connectivity index (χ3v) is 6.64. The van der Waals surface area contributed by atoms with E-state index in [1.165, 1.54) is 4.31 Å². The van der Waals surface area contributed by atoms with Crippen molar-refractivity contribution in [3.63, 3.8) is 0 Å². The number of benzene rings is 2. The minimum atomic E-state index is -3.21. The second-order valence-corrected chi connectivity index (χ2v) is 8.47. The minimum absolute atomic E-state index is 0.179. The van der Waals surface area contributed by atoms with Gasteiger partial charge in [-0.3, -0.25) is 9.10 Å². The Balaban J connectivity index is 1.68. The van der Waals surface area contributed by atoms with Crippen molar-refractivity contribution in [1.29, 1.82) is 0 Å².